The number of hydrogen-bond donors (Lipinski definition) is 1. The first-order chi connectivity index (χ1) is 10.1. The number of para-hydroxylation sites is 1. The minimum absolute atomic E-state index is 0.0323. The van der Waals surface area contributed by atoms with E-state index in [1.54, 1.807) is 29.3 Å². The van der Waals surface area contributed by atoms with Gasteiger partial charge in [-0.05, 0) is 24.3 Å². The minimum atomic E-state index is -0.0733. The first-order valence-electron chi connectivity index (χ1n) is 6.53. The molecule has 21 heavy (non-hydrogen) atoms. The van der Waals surface area contributed by atoms with E-state index in [1.807, 2.05) is 18.2 Å². The molecule has 2 aromatic rings. The van der Waals surface area contributed by atoms with Crippen LogP contribution in [0.1, 0.15) is 10.4 Å². The van der Waals surface area contributed by atoms with Gasteiger partial charge in [0.05, 0.1) is 23.7 Å². The van der Waals surface area contributed by atoms with Crippen molar-refractivity contribution in [3.05, 3.63) is 57.8 Å². The van der Waals surface area contributed by atoms with Crippen LogP contribution in [0.5, 0.6) is 5.75 Å². The van der Waals surface area contributed by atoms with Crippen LogP contribution >= 0.6 is 23.8 Å². The van der Waals surface area contributed by atoms with Crippen LogP contribution in [-0.4, -0.2) is 35.0 Å². The molecule has 4 nitrogen and oxygen atoms in total. The van der Waals surface area contributed by atoms with Crippen LogP contribution in [0.2, 0.25) is 5.02 Å². The van der Waals surface area contributed by atoms with Gasteiger partial charge in [-0.2, -0.15) is 0 Å². The van der Waals surface area contributed by atoms with Crippen molar-refractivity contribution in [2.45, 2.75) is 6.10 Å². The highest BCUT2D eigenvalue weighted by atomic mass is 35.5. The summed E-state index contributed by atoms with van der Waals surface area (Å²) in [5.41, 5.74) is 0.517. The third kappa shape index (κ3) is 2.94. The second-order valence-corrected chi connectivity index (χ2v) is 5.61. The maximum Gasteiger partial charge on any atom is 0.257 e. The molecule has 0 bridgehead atoms. The van der Waals surface area contributed by atoms with E-state index in [1.165, 1.54) is 0 Å². The molecule has 1 aliphatic rings. The molecule has 2 heterocycles. The Balaban J connectivity index is 1.61. The number of carbonyl (C=O) groups is 1. The molecular weight excluding hydrogens is 308 g/mol. The van der Waals surface area contributed by atoms with Crippen molar-refractivity contribution < 1.29 is 9.53 Å². The standard InChI is InChI=1S/C15H13ClN2O2S/c16-12-5-1-2-6-13(12)20-10-8-18(9-10)15(19)11-4-3-7-17-14(11)21/h1-7,10H,8-9H2,(H,17,21). The van der Waals surface area contributed by atoms with Gasteiger partial charge in [-0.15, -0.1) is 0 Å². The van der Waals surface area contributed by atoms with Crippen LogP contribution in [0.15, 0.2) is 42.6 Å². The Bertz CT molecular complexity index is 725. The first kappa shape index (κ1) is 14.1. The number of halogens is 1. The fourth-order valence-corrected chi connectivity index (χ4v) is 2.56. The molecule has 1 amide bonds. The van der Waals surface area contributed by atoms with E-state index in [2.05, 4.69) is 4.98 Å². The van der Waals surface area contributed by atoms with Gasteiger partial charge in [0.1, 0.15) is 16.5 Å². The van der Waals surface area contributed by atoms with Crippen molar-refractivity contribution in [2.24, 2.45) is 0 Å². The number of aromatic nitrogens is 1. The molecule has 0 atom stereocenters. The third-order valence-corrected chi connectivity index (χ3v) is 3.96. The fraction of sp³-hybridized carbons (Fsp3) is 0.200. The topological polar surface area (TPSA) is 45.3 Å². The normalized spacial score (nSPS) is 14.6. The summed E-state index contributed by atoms with van der Waals surface area (Å²) >= 11 is 11.2. The number of benzene rings is 1. The number of H-pyrrole nitrogens is 1. The Morgan fingerprint density at radius 1 is 1.29 bits per heavy atom. The maximum absolute atomic E-state index is 12.3. The molecule has 6 heteroatoms. The highest BCUT2D eigenvalue weighted by molar-refractivity contribution is 7.71. The summed E-state index contributed by atoms with van der Waals surface area (Å²) in [5, 5.41) is 0.577. The smallest absolute Gasteiger partial charge is 0.257 e. The molecule has 1 fully saturated rings. The summed E-state index contributed by atoms with van der Waals surface area (Å²) < 4.78 is 6.22. The molecule has 108 valence electrons. The van der Waals surface area contributed by atoms with Gasteiger partial charge >= 0.3 is 0 Å². The Morgan fingerprint density at radius 2 is 2.05 bits per heavy atom. The minimum Gasteiger partial charge on any atom is -0.485 e. The van der Waals surface area contributed by atoms with E-state index in [-0.39, 0.29) is 12.0 Å². The van der Waals surface area contributed by atoms with E-state index in [9.17, 15) is 4.79 Å². The van der Waals surface area contributed by atoms with Crippen molar-refractivity contribution in [3.8, 4) is 5.75 Å². The number of amides is 1. The van der Waals surface area contributed by atoms with Crippen molar-refractivity contribution in [3.63, 3.8) is 0 Å². The van der Waals surface area contributed by atoms with E-state index in [0.29, 0.717) is 34.1 Å². The lowest BCUT2D eigenvalue weighted by Crippen LogP contribution is -2.56. The number of nitrogens with one attached hydrogen (secondary N) is 1. The lowest BCUT2D eigenvalue weighted by molar-refractivity contribution is 0.0177. The number of aromatic amines is 1. The Morgan fingerprint density at radius 3 is 2.76 bits per heavy atom. The zero-order valence-electron chi connectivity index (χ0n) is 11.1. The molecule has 1 aliphatic heterocycles. The van der Waals surface area contributed by atoms with Crippen LogP contribution in [0.3, 0.4) is 0 Å². The molecule has 0 saturated carbocycles. The Labute approximate surface area is 132 Å². The predicted octanol–water partition coefficient (Wildman–Crippen LogP) is 3.30. The van der Waals surface area contributed by atoms with E-state index in [0.717, 1.165) is 0 Å². The number of hydrogen-bond acceptors (Lipinski definition) is 3. The number of carbonyl (C=O) groups excluding carboxylic acids is 1. The fourth-order valence-electron chi connectivity index (χ4n) is 2.16. The van der Waals surface area contributed by atoms with E-state index >= 15 is 0 Å². The highest BCUT2D eigenvalue weighted by Gasteiger charge is 2.33. The number of pyridine rings is 1. The van der Waals surface area contributed by atoms with Gasteiger partial charge < -0.3 is 14.6 Å². The van der Waals surface area contributed by atoms with Gasteiger partial charge in [0.2, 0.25) is 0 Å². The summed E-state index contributed by atoms with van der Waals surface area (Å²) in [6.45, 7) is 1.07. The van der Waals surface area contributed by atoms with Gasteiger partial charge in [0.25, 0.3) is 5.91 Å². The van der Waals surface area contributed by atoms with Crippen LogP contribution in [-0.2, 0) is 0 Å². The van der Waals surface area contributed by atoms with Crippen LogP contribution in [0.25, 0.3) is 0 Å². The average Bonchev–Trinajstić information content (AvgIpc) is 2.44. The van der Waals surface area contributed by atoms with Gasteiger partial charge in [-0.1, -0.05) is 36.0 Å². The monoisotopic (exact) mass is 320 g/mol. The van der Waals surface area contributed by atoms with Crippen molar-refractivity contribution in [1.29, 1.82) is 0 Å². The SMILES string of the molecule is O=C(c1ccc[nH]c1=S)N1CC(Oc2ccccc2Cl)C1. The zero-order valence-corrected chi connectivity index (χ0v) is 12.7. The number of rotatable bonds is 3. The van der Waals surface area contributed by atoms with Crippen molar-refractivity contribution in [2.75, 3.05) is 13.1 Å². The van der Waals surface area contributed by atoms with Crippen LogP contribution < -0.4 is 4.74 Å². The lowest BCUT2D eigenvalue weighted by Gasteiger charge is -2.39. The zero-order chi connectivity index (χ0) is 14.8. The summed E-state index contributed by atoms with van der Waals surface area (Å²) in [6, 6.07) is 10.8. The summed E-state index contributed by atoms with van der Waals surface area (Å²) in [7, 11) is 0. The number of nitrogens with zero attached hydrogens (tertiary/aromatic N) is 1. The quantitative estimate of drug-likeness (QED) is 0.883. The van der Waals surface area contributed by atoms with Crippen LogP contribution in [0, 0.1) is 4.64 Å². The second-order valence-electron chi connectivity index (χ2n) is 4.79. The predicted molar refractivity (Wildman–Crippen MR) is 83.4 cm³/mol. The van der Waals surface area contributed by atoms with Crippen molar-refractivity contribution in [1.82, 2.24) is 9.88 Å². The Hall–Kier alpha value is -1.85. The van der Waals surface area contributed by atoms with Gasteiger partial charge in [0.15, 0.2) is 0 Å². The third-order valence-electron chi connectivity index (χ3n) is 3.31. The molecule has 0 radical (unpaired) electrons. The lowest BCUT2D eigenvalue weighted by atomic mass is 10.1. The second kappa shape index (κ2) is 5.87. The molecule has 1 N–H and O–H groups in total. The van der Waals surface area contributed by atoms with E-state index in [4.69, 9.17) is 28.6 Å². The summed E-state index contributed by atoms with van der Waals surface area (Å²) in [4.78, 5) is 16.8. The largest absolute Gasteiger partial charge is 0.485 e. The maximum atomic E-state index is 12.3. The van der Waals surface area contributed by atoms with Gasteiger partial charge in [-0.3, -0.25) is 4.79 Å². The molecule has 1 aromatic heterocycles. The summed E-state index contributed by atoms with van der Waals surface area (Å²) in [6.07, 6.45) is 1.67. The highest BCUT2D eigenvalue weighted by Crippen LogP contribution is 2.26. The summed E-state index contributed by atoms with van der Waals surface area (Å²) in [5.74, 6) is 0.573. The van der Waals surface area contributed by atoms with Gasteiger partial charge in [0, 0.05) is 6.20 Å². The molecule has 3 rings (SSSR count). The van der Waals surface area contributed by atoms with E-state index < -0.39 is 0 Å². The average molecular weight is 321 g/mol. The van der Waals surface area contributed by atoms with Gasteiger partial charge in [-0.25, -0.2) is 0 Å². The molecule has 0 spiro atoms. The molecule has 0 unspecified atom stereocenters. The molecular formula is C15H13ClN2O2S. The Kier molecular flexibility index (Phi) is 3.94. The number of ether oxygens (including phenoxy) is 1. The molecule has 1 aromatic carbocycles. The molecule has 1 saturated heterocycles. The first-order valence-corrected chi connectivity index (χ1v) is 7.32. The van der Waals surface area contributed by atoms with Crippen molar-refractivity contribution >= 4 is 29.7 Å². The molecule has 0 aliphatic carbocycles. The van der Waals surface area contributed by atoms with Crippen LogP contribution in [0.4, 0.5) is 0 Å². The number of likely N-dealkylation sites (tertiary alicyclic amines) is 1.